The Labute approximate surface area is 141 Å². The summed E-state index contributed by atoms with van der Waals surface area (Å²) in [5, 5.41) is 13.2. The van der Waals surface area contributed by atoms with Crippen LogP contribution in [0, 0.1) is 0 Å². The largest absolute Gasteiger partial charge is 0.493 e. The van der Waals surface area contributed by atoms with E-state index in [-0.39, 0.29) is 12.7 Å². The van der Waals surface area contributed by atoms with Crippen molar-refractivity contribution in [3.8, 4) is 11.5 Å². The van der Waals surface area contributed by atoms with Crippen molar-refractivity contribution in [1.29, 1.82) is 0 Å². The van der Waals surface area contributed by atoms with Gasteiger partial charge in [-0.3, -0.25) is 0 Å². The Balaban J connectivity index is 1.78. The second kappa shape index (κ2) is 9.46. The van der Waals surface area contributed by atoms with Gasteiger partial charge in [0.1, 0.15) is 12.7 Å². The van der Waals surface area contributed by atoms with Crippen LogP contribution in [0.4, 0.5) is 0 Å². The zero-order chi connectivity index (χ0) is 17.4. The molecule has 134 valence electrons. The molecule has 2 atom stereocenters. The third kappa shape index (κ3) is 5.36. The predicted molar refractivity (Wildman–Crippen MR) is 87.7 cm³/mol. The summed E-state index contributed by atoms with van der Waals surface area (Å²) in [5.74, 6) is 0.430. The van der Waals surface area contributed by atoms with Gasteiger partial charge in [0.2, 0.25) is 0 Å². The Bertz CT molecular complexity index is 530. The second-order valence-corrected chi connectivity index (χ2v) is 5.62. The zero-order valence-electron chi connectivity index (χ0n) is 14.1. The Morgan fingerprint density at radius 1 is 1.42 bits per heavy atom. The van der Waals surface area contributed by atoms with Crippen LogP contribution in [-0.2, 0) is 9.47 Å². The lowest BCUT2D eigenvalue weighted by Crippen LogP contribution is -2.35. The SMILES string of the molecule is COC(=O)c1ccc(OC[C@H](O)CNC[C@H]2CCCO2)c(OC)c1. The molecule has 24 heavy (non-hydrogen) atoms. The molecule has 1 aliphatic heterocycles. The number of benzene rings is 1. The van der Waals surface area contributed by atoms with E-state index in [2.05, 4.69) is 10.1 Å². The molecule has 1 saturated heterocycles. The first kappa shape index (κ1) is 18.5. The highest BCUT2D eigenvalue weighted by atomic mass is 16.5. The zero-order valence-corrected chi connectivity index (χ0v) is 14.1. The molecular formula is C17H25NO6. The molecule has 2 N–H and O–H groups in total. The number of carbonyl (C=O) groups excluding carboxylic acids is 1. The predicted octanol–water partition coefficient (Wildman–Crippen LogP) is 0.990. The summed E-state index contributed by atoms with van der Waals surface area (Å²) in [6.45, 7) is 2.09. The summed E-state index contributed by atoms with van der Waals surface area (Å²) < 4.78 is 21.0. The number of methoxy groups -OCH3 is 2. The highest BCUT2D eigenvalue weighted by Crippen LogP contribution is 2.28. The summed E-state index contributed by atoms with van der Waals surface area (Å²) >= 11 is 0. The maximum absolute atomic E-state index is 11.5. The topological polar surface area (TPSA) is 86.3 Å². The van der Waals surface area contributed by atoms with Crippen LogP contribution in [0.5, 0.6) is 11.5 Å². The first-order valence-electron chi connectivity index (χ1n) is 8.03. The number of ether oxygens (including phenoxy) is 4. The highest BCUT2D eigenvalue weighted by molar-refractivity contribution is 5.90. The van der Waals surface area contributed by atoms with Crippen LogP contribution in [0.1, 0.15) is 23.2 Å². The van der Waals surface area contributed by atoms with Gasteiger partial charge in [-0.05, 0) is 31.0 Å². The summed E-state index contributed by atoms with van der Waals surface area (Å²) in [4.78, 5) is 11.5. The van der Waals surface area contributed by atoms with Crippen molar-refractivity contribution in [2.75, 3.05) is 40.5 Å². The van der Waals surface area contributed by atoms with E-state index >= 15 is 0 Å². The van der Waals surface area contributed by atoms with E-state index in [9.17, 15) is 9.90 Å². The number of hydrogen-bond acceptors (Lipinski definition) is 7. The van der Waals surface area contributed by atoms with Gasteiger partial charge in [0.15, 0.2) is 11.5 Å². The molecule has 7 nitrogen and oxygen atoms in total. The lowest BCUT2D eigenvalue weighted by molar-refractivity contribution is 0.0599. The van der Waals surface area contributed by atoms with Crippen LogP contribution in [0.25, 0.3) is 0 Å². The molecule has 0 unspecified atom stereocenters. The standard InChI is InChI=1S/C17H25NO6/c1-21-16-8-12(17(20)22-2)5-6-15(16)24-11-13(19)9-18-10-14-4-3-7-23-14/h5-6,8,13-14,18-19H,3-4,7,9-11H2,1-2H3/t13-,14-/m1/s1. The summed E-state index contributed by atoms with van der Waals surface area (Å²) in [7, 11) is 2.81. The summed E-state index contributed by atoms with van der Waals surface area (Å²) in [6.07, 6.45) is 1.74. The fourth-order valence-corrected chi connectivity index (χ4v) is 2.49. The Morgan fingerprint density at radius 3 is 2.92 bits per heavy atom. The first-order valence-corrected chi connectivity index (χ1v) is 8.03. The maximum Gasteiger partial charge on any atom is 0.337 e. The molecule has 0 aliphatic carbocycles. The van der Waals surface area contributed by atoms with E-state index in [4.69, 9.17) is 14.2 Å². The number of nitrogens with one attached hydrogen (secondary N) is 1. The van der Waals surface area contributed by atoms with Crippen LogP contribution in [0.2, 0.25) is 0 Å². The lowest BCUT2D eigenvalue weighted by atomic mass is 10.2. The van der Waals surface area contributed by atoms with Gasteiger partial charge in [-0.2, -0.15) is 0 Å². The van der Waals surface area contributed by atoms with E-state index < -0.39 is 12.1 Å². The van der Waals surface area contributed by atoms with Gasteiger partial charge in [-0.15, -0.1) is 0 Å². The lowest BCUT2D eigenvalue weighted by Gasteiger charge is -2.16. The number of esters is 1. The number of aliphatic hydroxyl groups is 1. The van der Waals surface area contributed by atoms with Crippen molar-refractivity contribution >= 4 is 5.97 Å². The van der Waals surface area contributed by atoms with Crippen LogP contribution < -0.4 is 14.8 Å². The molecule has 1 aromatic rings. The molecule has 2 rings (SSSR count). The molecule has 0 radical (unpaired) electrons. The first-order chi connectivity index (χ1) is 11.6. The summed E-state index contributed by atoms with van der Waals surface area (Å²) in [6, 6.07) is 4.76. The van der Waals surface area contributed by atoms with Gasteiger partial charge in [0.05, 0.1) is 25.9 Å². The minimum Gasteiger partial charge on any atom is -0.493 e. The van der Waals surface area contributed by atoms with E-state index in [1.165, 1.54) is 14.2 Å². The molecular weight excluding hydrogens is 314 g/mol. The smallest absolute Gasteiger partial charge is 0.337 e. The molecule has 0 spiro atoms. The monoisotopic (exact) mass is 339 g/mol. The van der Waals surface area contributed by atoms with E-state index in [1.807, 2.05) is 0 Å². The van der Waals surface area contributed by atoms with Gasteiger partial charge in [-0.1, -0.05) is 0 Å². The van der Waals surface area contributed by atoms with Crippen LogP contribution in [0.15, 0.2) is 18.2 Å². The third-order valence-corrected chi connectivity index (χ3v) is 3.79. The molecule has 1 heterocycles. The number of rotatable bonds is 9. The molecule has 0 amide bonds. The van der Waals surface area contributed by atoms with Crippen molar-refractivity contribution < 1.29 is 28.8 Å². The maximum atomic E-state index is 11.5. The Hall–Kier alpha value is -1.83. The number of aliphatic hydroxyl groups excluding tert-OH is 1. The highest BCUT2D eigenvalue weighted by Gasteiger charge is 2.16. The van der Waals surface area contributed by atoms with Crippen molar-refractivity contribution in [3.63, 3.8) is 0 Å². The molecule has 7 heteroatoms. The average molecular weight is 339 g/mol. The number of carbonyl (C=O) groups is 1. The molecule has 1 aliphatic rings. The third-order valence-electron chi connectivity index (χ3n) is 3.79. The van der Waals surface area contributed by atoms with Gasteiger partial charge < -0.3 is 29.4 Å². The van der Waals surface area contributed by atoms with Crippen LogP contribution in [0.3, 0.4) is 0 Å². The quantitative estimate of drug-likeness (QED) is 0.649. The van der Waals surface area contributed by atoms with Gasteiger partial charge in [-0.25, -0.2) is 4.79 Å². The van der Waals surface area contributed by atoms with Crippen LogP contribution >= 0.6 is 0 Å². The summed E-state index contributed by atoms with van der Waals surface area (Å²) in [5.41, 5.74) is 0.375. The Kier molecular flexibility index (Phi) is 7.30. The van der Waals surface area contributed by atoms with Crippen molar-refractivity contribution in [1.82, 2.24) is 5.32 Å². The van der Waals surface area contributed by atoms with Crippen molar-refractivity contribution in [2.24, 2.45) is 0 Å². The van der Waals surface area contributed by atoms with Crippen molar-refractivity contribution in [3.05, 3.63) is 23.8 Å². The fourth-order valence-electron chi connectivity index (χ4n) is 2.49. The van der Waals surface area contributed by atoms with Crippen molar-refractivity contribution in [2.45, 2.75) is 25.0 Å². The minimum absolute atomic E-state index is 0.118. The fraction of sp³-hybridized carbons (Fsp3) is 0.588. The molecule has 0 saturated carbocycles. The molecule has 0 aromatic heterocycles. The normalized spacial score (nSPS) is 18.2. The van der Waals surface area contributed by atoms with Gasteiger partial charge >= 0.3 is 5.97 Å². The van der Waals surface area contributed by atoms with E-state index in [1.54, 1.807) is 18.2 Å². The Morgan fingerprint density at radius 2 is 2.25 bits per heavy atom. The number of hydrogen-bond donors (Lipinski definition) is 2. The molecule has 0 bridgehead atoms. The minimum atomic E-state index is -0.656. The molecule has 1 fully saturated rings. The average Bonchev–Trinajstić information content (AvgIpc) is 3.12. The van der Waals surface area contributed by atoms with Crippen LogP contribution in [-0.4, -0.2) is 63.8 Å². The van der Waals surface area contributed by atoms with Gasteiger partial charge in [0, 0.05) is 19.7 Å². The van der Waals surface area contributed by atoms with E-state index in [0.29, 0.717) is 23.6 Å². The second-order valence-electron chi connectivity index (χ2n) is 5.62. The van der Waals surface area contributed by atoms with E-state index in [0.717, 1.165) is 26.0 Å². The van der Waals surface area contributed by atoms with Gasteiger partial charge in [0.25, 0.3) is 0 Å². The molecule has 1 aromatic carbocycles.